The molecule has 2 rings (SSSR count). The zero-order valence-corrected chi connectivity index (χ0v) is 13.3. The van der Waals surface area contributed by atoms with Crippen molar-refractivity contribution in [2.75, 3.05) is 5.32 Å². The second-order valence-corrected chi connectivity index (χ2v) is 5.80. The number of phenols is 1. The fraction of sp³-hybridized carbons (Fsp3) is 0.412. The Balaban J connectivity index is 2.23. The third kappa shape index (κ3) is 3.32. The summed E-state index contributed by atoms with van der Waals surface area (Å²) < 4.78 is 0. The third-order valence-corrected chi connectivity index (χ3v) is 3.85. The maximum absolute atomic E-state index is 9.35. The van der Waals surface area contributed by atoms with E-state index in [4.69, 9.17) is 0 Å². The Morgan fingerprint density at radius 1 is 0.952 bits per heavy atom. The van der Waals surface area contributed by atoms with Crippen molar-refractivity contribution in [1.29, 1.82) is 0 Å². The highest BCUT2D eigenvalue weighted by atomic mass is 16.3. The van der Waals surface area contributed by atoms with Crippen LogP contribution in [0.15, 0.2) is 24.3 Å². The van der Waals surface area contributed by atoms with E-state index in [1.54, 1.807) is 12.1 Å². The van der Waals surface area contributed by atoms with Crippen molar-refractivity contribution in [3.8, 4) is 5.75 Å². The van der Waals surface area contributed by atoms with Crippen LogP contribution in [0.1, 0.15) is 55.1 Å². The van der Waals surface area contributed by atoms with E-state index in [0.29, 0.717) is 5.92 Å². The quantitative estimate of drug-likeness (QED) is 0.888. The Hall–Kier alpha value is -2.10. The van der Waals surface area contributed by atoms with Crippen molar-refractivity contribution >= 4 is 5.82 Å². The molecule has 1 atom stereocenters. The van der Waals surface area contributed by atoms with E-state index in [-0.39, 0.29) is 11.8 Å². The average molecular weight is 285 g/mol. The van der Waals surface area contributed by atoms with E-state index in [0.717, 1.165) is 22.6 Å². The van der Waals surface area contributed by atoms with Crippen LogP contribution >= 0.6 is 0 Å². The van der Waals surface area contributed by atoms with Gasteiger partial charge in [-0.1, -0.05) is 26.0 Å². The van der Waals surface area contributed by atoms with E-state index in [2.05, 4.69) is 50.1 Å². The number of rotatable bonds is 4. The van der Waals surface area contributed by atoms with Crippen LogP contribution in [0.2, 0.25) is 0 Å². The van der Waals surface area contributed by atoms with Crippen LogP contribution in [-0.2, 0) is 0 Å². The minimum absolute atomic E-state index is 0.0999. The molecule has 0 saturated carbocycles. The lowest BCUT2D eigenvalue weighted by atomic mass is 10.0. The van der Waals surface area contributed by atoms with Crippen LogP contribution in [0.25, 0.3) is 0 Å². The van der Waals surface area contributed by atoms with E-state index in [9.17, 15) is 5.11 Å². The molecule has 0 aliphatic carbocycles. The van der Waals surface area contributed by atoms with Crippen molar-refractivity contribution in [1.82, 2.24) is 10.2 Å². The van der Waals surface area contributed by atoms with Gasteiger partial charge in [-0.25, -0.2) is 0 Å². The van der Waals surface area contributed by atoms with Crippen LogP contribution in [-0.4, -0.2) is 15.3 Å². The van der Waals surface area contributed by atoms with Gasteiger partial charge >= 0.3 is 0 Å². The molecule has 4 nitrogen and oxygen atoms in total. The fourth-order valence-corrected chi connectivity index (χ4v) is 2.36. The molecule has 2 aromatic rings. The molecule has 1 heterocycles. The van der Waals surface area contributed by atoms with Gasteiger partial charge in [-0.2, -0.15) is 5.10 Å². The topological polar surface area (TPSA) is 58.0 Å². The summed E-state index contributed by atoms with van der Waals surface area (Å²) in [4.78, 5) is 0. The Morgan fingerprint density at radius 2 is 1.57 bits per heavy atom. The lowest BCUT2D eigenvalue weighted by molar-refractivity contribution is 0.475. The Labute approximate surface area is 126 Å². The highest BCUT2D eigenvalue weighted by molar-refractivity contribution is 5.49. The minimum Gasteiger partial charge on any atom is -0.508 e. The average Bonchev–Trinajstić information content (AvgIpc) is 2.44. The molecule has 0 bridgehead atoms. The molecule has 4 heteroatoms. The van der Waals surface area contributed by atoms with Crippen LogP contribution in [0.5, 0.6) is 5.75 Å². The number of hydrogen-bond acceptors (Lipinski definition) is 4. The largest absolute Gasteiger partial charge is 0.508 e. The minimum atomic E-state index is 0.0999. The first kappa shape index (κ1) is 15.3. The van der Waals surface area contributed by atoms with Crippen molar-refractivity contribution in [3.05, 3.63) is 46.6 Å². The number of aromatic nitrogens is 2. The molecular formula is C17H23N3O. The summed E-state index contributed by atoms with van der Waals surface area (Å²) in [5, 5.41) is 21.4. The predicted octanol–water partition coefficient (Wildman–Crippen LogP) is 4.10. The molecule has 21 heavy (non-hydrogen) atoms. The lowest BCUT2D eigenvalue weighted by Crippen LogP contribution is -2.12. The molecule has 2 N–H and O–H groups in total. The van der Waals surface area contributed by atoms with Gasteiger partial charge < -0.3 is 10.4 Å². The second kappa shape index (κ2) is 6.12. The SMILES string of the molecule is Cc1c(N[C@@H](C)c2ccc(O)cc2)nnc(C(C)C)c1C. The summed E-state index contributed by atoms with van der Waals surface area (Å²) in [5.74, 6) is 1.47. The molecule has 0 amide bonds. The van der Waals surface area contributed by atoms with Crippen molar-refractivity contribution in [2.24, 2.45) is 0 Å². The van der Waals surface area contributed by atoms with Gasteiger partial charge in [0.15, 0.2) is 5.82 Å². The normalized spacial score (nSPS) is 12.5. The molecule has 1 aromatic carbocycles. The summed E-state index contributed by atoms with van der Waals surface area (Å²) in [5.41, 5.74) is 4.48. The van der Waals surface area contributed by atoms with Crippen LogP contribution < -0.4 is 5.32 Å². The number of phenolic OH excluding ortho intramolecular Hbond substituents is 1. The summed E-state index contributed by atoms with van der Waals surface area (Å²) in [7, 11) is 0. The summed E-state index contributed by atoms with van der Waals surface area (Å²) in [6.07, 6.45) is 0. The lowest BCUT2D eigenvalue weighted by Gasteiger charge is -2.19. The summed E-state index contributed by atoms with van der Waals surface area (Å²) >= 11 is 0. The van der Waals surface area contributed by atoms with Crippen molar-refractivity contribution in [2.45, 2.75) is 46.6 Å². The smallest absolute Gasteiger partial charge is 0.152 e. The van der Waals surface area contributed by atoms with Gasteiger partial charge in [-0.3, -0.25) is 0 Å². The molecular weight excluding hydrogens is 262 g/mol. The maximum Gasteiger partial charge on any atom is 0.152 e. The molecule has 0 saturated heterocycles. The Bertz CT molecular complexity index is 621. The van der Waals surface area contributed by atoms with E-state index < -0.39 is 0 Å². The molecule has 0 spiro atoms. The van der Waals surface area contributed by atoms with Gasteiger partial charge in [-0.05, 0) is 55.5 Å². The van der Waals surface area contributed by atoms with Gasteiger partial charge in [0.05, 0.1) is 11.7 Å². The number of aromatic hydroxyl groups is 1. The predicted molar refractivity (Wildman–Crippen MR) is 85.7 cm³/mol. The summed E-state index contributed by atoms with van der Waals surface area (Å²) in [6.45, 7) is 10.5. The number of benzene rings is 1. The molecule has 0 unspecified atom stereocenters. The molecule has 1 aromatic heterocycles. The maximum atomic E-state index is 9.35. The second-order valence-electron chi connectivity index (χ2n) is 5.80. The van der Waals surface area contributed by atoms with Gasteiger partial charge in [-0.15, -0.1) is 5.10 Å². The molecule has 0 radical (unpaired) electrons. The first-order valence-electron chi connectivity index (χ1n) is 7.29. The summed E-state index contributed by atoms with van der Waals surface area (Å²) in [6, 6.07) is 7.30. The van der Waals surface area contributed by atoms with E-state index in [1.165, 1.54) is 5.56 Å². The van der Waals surface area contributed by atoms with Gasteiger partial charge in [0.1, 0.15) is 5.75 Å². The molecule has 112 valence electrons. The van der Waals surface area contributed by atoms with Gasteiger partial charge in [0.2, 0.25) is 0 Å². The van der Waals surface area contributed by atoms with Gasteiger partial charge in [0, 0.05) is 0 Å². The van der Waals surface area contributed by atoms with E-state index >= 15 is 0 Å². The Kier molecular flexibility index (Phi) is 4.46. The zero-order chi connectivity index (χ0) is 15.6. The number of hydrogen-bond donors (Lipinski definition) is 2. The van der Waals surface area contributed by atoms with Crippen LogP contribution in [0, 0.1) is 13.8 Å². The molecule has 0 fully saturated rings. The Morgan fingerprint density at radius 3 is 2.14 bits per heavy atom. The number of nitrogens with one attached hydrogen (secondary N) is 1. The first-order chi connectivity index (χ1) is 9.90. The number of nitrogens with zero attached hydrogens (tertiary/aromatic N) is 2. The first-order valence-corrected chi connectivity index (χ1v) is 7.29. The molecule has 0 aliphatic rings. The van der Waals surface area contributed by atoms with Crippen molar-refractivity contribution < 1.29 is 5.11 Å². The van der Waals surface area contributed by atoms with Crippen molar-refractivity contribution in [3.63, 3.8) is 0 Å². The third-order valence-electron chi connectivity index (χ3n) is 3.85. The van der Waals surface area contributed by atoms with Crippen LogP contribution in [0.3, 0.4) is 0 Å². The highest BCUT2D eigenvalue weighted by Gasteiger charge is 2.14. The monoisotopic (exact) mass is 285 g/mol. The van der Waals surface area contributed by atoms with E-state index in [1.807, 2.05) is 12.1 Å². The highest BCUT2D eigenvalue weighted by Crippen LogP contribution is 2.26. The fourth-order valence-electron chi connectivity index (χ4n) is 2.36. The van der Waals surface area contributed by atoms with Gasteiger partial charge in [0.25, 0.3) is 0 Å². The number of anilines is 1. The van der Waals surface area contributed by atoms with Crippen LogP contribution in [0.4, 0.5) is 5.82 Å². The zero-order valence-electron chi connectivity index (χ0n) is 13.3. The molecule has 0 aliphatic heterocycles. The standard InChI is InChI=1S/C17H23N3O/c1-10(2)16-11(3)12(4)17(20-19-16)18-13(5)14-6-8-15(21)9-7-14/h6-10,13,21H,1-5H3,(H,18,20)/t13-/m0/s1.